The summed E-state index contributed by atoms with van der Waals surface area (Å²) in [5.74, 6) is 1.04. The highest BCUT2D eigenvalue weighted by atomic mass is 19.4. The molecule has 1 aromatic carbocycles. The van der Waals surface area contributed by atoms with Crippen molar-refractivity contribution in [3.05, 3.63) is 60.7 Å². The lowest BCUT2D eigenvalue weighted by atomic mass is 10.1. The fraction of sp³-hybridized carbons (Fsp3) is 0.308. The van der Waals surface area contributed by atoms with Crippen LogP contribution in [-0.2, 0) is 0 Å². The highest BCUT2D eigenvalue weighted by Crippen LogP contribution is 2.39. The zero-order valence-electron chi connectivity index (χ0n) is 20.2. The van der Waals surface area contributed by atoms with Gasteiger partial charge in [0.15, 0.2) is 0 Å². The van der Waals surface area contributed by atoms with Crippen molar-refractivity contribution < 1.29 is 22.7 Å². The van der Waals surface area contributed by atoms with Gasteiger partial charge in [-0.2, -0.15) is 0 Å². The molecule has 2 aliphatic rings. The molecule has 0 radical (unpaired) electrons. The molecule has 3 aromatic heterocycles. The van der Waals surface area contributed by atoms with Crippen LogP contribution in [0.1, 0.15) is 24.5 Å². The summed E-state index contributed by atoms with van der Waals surface area (Å²) in [6.07, 6.45) is 1.07. The van der Waals surface area contributed by atoms with E-state index in [2.05, 4.69) is 47.0 Å². The van der Waals surface area contributed by atoms with E-state index in [0.29, 0.717) is 37.8 Å². The molecule has 0 atom stereocenters. The van der Waals surface area contributed by atoms with Gasteiger partial charge in [0.25, 0.3) is 0 Å². The van der Waals surface area contributed by atoms with Gasteiger partial charge < -0.3 is 24.8 Å². The molecule has 4 aromatic rings. The first-order valence-corrected chi connectivity index (χ1v) is 12.3. The number of piperazine rings is 1. The lowest BCUT2D eigenvalue weighted by molar-refractivity contribution is -0.274. The van der Waals surface area contributed by atoms with Gasteiger partial charge in [0.1, 0.15) is 23.5 Å². The summed E-state index contributed by atoms with van der Waals surface area (Å²) in [6, 6.07) is 10.9. The van der Waals surface area contributed by atoms with Crippen LogP contribution in [0.4, 0.5) is 29.5 Å². The van der Waals surface area contributed by atoms with Crippen molar-refractivity contribution in [1.82, 2.24) is 24.8 Å². The first-order valence-electron chi connectivity index (χ1n) is 12.3. The SMILES string of the molecule is O=C(Nc1ccc(OC(F)(F)F)cc1)N1CCN(c2ncnc3[nH]c(-c4ccc(C5CC5)nc4)cc23)CC1. The number of urea groups is 1. The molecule has 1 saturated carbocycles. The Labute approximate surface area is 215 Å². The lowest BCUT2D eigenvalue weighted by Crippen LogP contribution is -2.50. The number of nitrogens with one attached hydrogen (secondary N) is 2. The quantitative estimate of drug-likeness (QED) is 0.375. The number of anilines is 2. The Bertz CT molecular complexity index is 1440. The monoisotopic (exact) mass is 523 g/mol. The molecule has 0 unspecified atom stereocenters. The molecule has 0 spiro atoms. The molecule has 1 aliphatic carbocycles. The highest BCUT2D eigenvalue weighted by molar-refractivity contribution is 5.92. The molecule has 2 amide bonds. The predicted molar refractivity (Wildman–Crippen MR) is 135 cm³/mol. The largest absolute Gasteiger partial charge is 0.573 e. The van der Waals surface area contributed by atoms with Crippen molar-refractivity contribution in [1.29, 1.82) is 0 Å². The number of rotatable bonds is 5. The maximum absolute atomic E-state index is 12.7. The van der Waals surface area contributed by atoms with Crippen molar-refractivity contribution >= 4 is 28.6 Å². The second-order valence-electron chi connectivity index (χ2n) is 9.37. The number of hydrogen-bond donors (Lipinski definition) is 2. The Kier molecular flexibility index (Phi) is 6.01. The van der Waals surface area contributed by atoms with Gasteiger partial charge in [-0.1, -0.05) is 0 Å². The van der Waals surface area contributed by atoms with E-state index in [0.717, 1.165) is 45.9 Å². The Hall–Kier alpha value is -4.35. The Balaban J connectivity index is 1.10. The smallest absolute Gasteiger partial charge is 0.406 e. The van der Waals surface area contributed by atoms with Crippen LogP contribution in [0.2, 0.25) is 0 Å². The zero-order valence-corrected chi connectivity index (χ0v) is 20.2. The summed E-state index contributed by atoms with van der Waals surface area (Å²) in [6.45, 7) is 2.04. The van der Waals surface area contributed by atoms with Gasteiger partial charge in [-0.15, -0.1) is 13.2 Å². The lowest BCUT2D eigenvalue weighted by Gasteiger charge is -2.35. The number of amides is 2. The van der Waals surface area contributed by atoms with Crippen LogP contribution in [0.15, 0.2) is 55.0 Å². The molecule has 2 N–H and O–H groups in total. The molecular weight excluding hydrogens is 499 g/mol. The molecule has 12 heteroatoms. The number of alkyl halides is 3. The zero-order chi connectivity index (χ0) is 26.3. The summed E-state index contributed by atoms with van der Waals surface area (Å²) in [4.78, 5) is 33.4. The molecule has 38 heavy (non-hydrogen) atoms. The fourth-order valence-electron chi connectivity index (χ4n) is 4.58. The van der Waals surface area contributed by atoms with Crippen LogP contribution >= 0.6 is 0 Å². The van der Waals surface area contributed by atoms with Crippen molar-refractivity contribution in [3.63, 3.8) is 0 Å². The standard InChI is InChI=1S/C26H24F3N7O2/c27-26(28,29)38-19-6-4-18(5-7-19)33-25(37)36-11-9-35(10-12-36)24-20-13-22(34-23(20)31-15-32-24)17-3-8-21(30-14-17)16-1-2-16/h3-8,13-16H,1-2,9-12H2,(H,33,37)(H,31,32,34). The van der Waals surface area contributed by atoms with Crippen molar-refractivity contribution in [2.75, 3.05) is 36.4 Å². The second kappa shape index (κ2) is 9.51. The molecule has 2 fully saturated rings. The van der Waals surface area contributed by atoms with E-state index in [9.17, 15) is 18.0 Å². The third kappa shape index (κ3) is 5.20. The van der Waals surface area contributed by atoms with Gasteiger partial charge in [-0.25, -0.2) is 14.8 Å². The number of H-pyrrole nitrogens is 1. The number of benzene rings is 1. The van der Waals surface area contributed by atoms with Gasteiger partial charge in [-0.05, 0) is 55.3 Å². The van der Waals surface area contributed by atoms with Crippen LogP contribution in [0.3, 0.4) is 0 Å². The number of pyridine rings is 1. The Morgan fingerprint density at radius 3 is 2.42 bits per heavy atom. The van der Waals surface area contributed by atoms with Crippen LogP contribution in [0.5, 0.6) is 5.75 Å². The molecule has 0 bridgehead atoms. The van der Waals surface area contributed by atoms with Gasteiger partial charge in [-0.3, -0.25) is 4.98 Å². The minimum atomic E-state index is -4.76. The number of fused-ring (bicyclic) bond motifs is 1. The molecule has 9 nitrogen and oxygen atoms in total. The topological polar surface area (TPSA) is 99.3 Å². The fourth-order valence-corrected chi connectivity index (χ4v) is 4.58. The summed E-state index contributed by atoms with van der Waals surface area (Å²) in [7, 11) is 0. The predicted octanol–water partition coefficient (Wildman–Crippen LogP) is 5.15. The molecule has 6 rings (SSSR count). The first kappa shape index (κ1) is 24.0. The molecule has 1 aliphatic heterocycles. The molecular formula is C26H24F3N7O2. The maximum atomic E-state index is 12.7. The summed E-state index contributed by atoms with van der Waals surface area (Å²) in [5, 5.41) is 3.61. The van der Waals surface area contributed by atoms with Crippen molar-refractivity contribution in [2.45, 2.75) is 25.1 Å². The minimum absolute atomic E-state index is 0.326. The maximum Gasteiger partial charge on any atom is 0.573 e. The van der Waals surface area contributed by atoms with E-state index in [4.69, 9.17) is 0 Å². The molecule has 1 saturated heterocycles. The molecule has 196 valence electrons. The average molecular weight is 524 g/mol. The van der Waals surface area contributed by atoms with Crippen LogP contribution in [-0.4, -0.2) is 63.4 Å². The summed E-state index contributed by atoms with van der Waals surface area (Å²) < 4.78 is 40.9. The summed E-state index contributed by atoms with van der Waals surface area (Å²) in [5.41, 5.74) is 4.15. The van der Waals surface area contributed by atoms with E-state index in [1.165, 1.54) is 31.3 Å². The van der Waals surface area contributed by atoms with Crippen molar-refractivity contribution in [2.24, 2.45) is 0 Å². The third-order valence-corrected chi connectivity index (χ3v) is 6.70. The average Bonchev–Trinajstić information content (AvgIpc) is 3.67. The van der Waals surface area contributed by atoms with Crippen LogP contribution < -0.4 is 15.0 Å². The number of nitrogens with zero attached hydrogens (tertiary/aromatic N) is 5. The molecule has 4 heterocycles. The van der Waals surface area contributed by atoms with Crippen molar-refractivity contribution in [3.8, 4) is 17.0 Å². The number of aromatic nitrogens is 4. The minimum Gasteiger partial charge on any atom is -0.406 e. The number of ether oxygens (including phenoxy) is 1. The van der Waals surface area contributed by atoms with E-state index in [1.807, 2.05) is 12.3 Å². The van der Waals surface area contributed by atoms with E-state index in [-0.39, 0.29) is 11.8 Å². The van der Waals surface area contributed by atoms with Gasteiger partial charge in [0.2, 0.25) is 0 Å². The normalized spacial score (nSPS) is 16.1. The van der Waals surface area contributed by atoms with Gasteiger partial charge in [0, 0.05) is 60.9 Å². The first-order chi connectivity index (χ1) is 18.3. The van der Waals surface area contributed by atoms with Gasteiger partial charge >= 0.3 is 12.4 Å². The number of carbonyl (C=O) groups excluding carboxylic acids is 1. The highest BCUT2D eigenvalue weighted by Gasteiger charge is 2.31. The summed E-state index contributed by atoms with van der Waals surface area (Å²) >= 11 is 0. The van der Waals surface area contributed by atoms with E-state index < -0.39 is 6.36 Å². The van der Waals surface area contributed by atoms with E-state index in [1.54, 1.807) is 4.90 Å². The Morgan fingerprint density at radius 2 is 1.76 bits per heavy atom. The number of carbonyl (C=O) groups is 1. The Morgan fingerprint density at radius 1 is 1.00 bits per heavy atom. The van der Waals surface area contributed by atoms with E-state index >= 15 is 0 Å². The number of hydrogen-bond acceptors (Lipinski definition) is 6. The number of halogens is 3. The van der Waals surface area contributed by atoms with Gasteiger partial charge in [0.05, 0.1) is 5.39 Å². The third-order valence-electron chi connectivity index (χ3n) is 6.70. The second-order valence-corrected chi connectivity index (χ2v) is 9.37. The van der Waals surface area contributed by atoms with Crippen LogP contribution in [0.25, 0.3) is 22.3 Å². The van der Waals surface area contributed by atoms with Crippen LogP contribution in [0, 0.1) is 0 Å². The number of aromatic amines is 1.